The van der Waals surface area contributed by atoms with Crippen LogP contribution in [0, 0.1) is 5.92 Å². The zero-order valence-corrected chi connectivity index (χ0v) is 14.4. The first-order valence-electron chi connectivity index (χ1n) is 8.49. The molecule has 0 unspecified atom stereocenters. The lowest BCUT2D eigenvalue weighted by atomic mass is 10.0. The molecule has 0 spiro atoms. The van der Waals surface area contributed by atoms with Crippen molar-refractivity contribution < 1.29 is 4.74 Å². The van der Waals surface area contributed by atoms with Crippen molar-refractivity contribution in [3.8, 4) is 0 Å². The van der Waals surface area contributed by atoms with Gasteiger partial charge in [-0.1, -0.05) is 0 Å². The van der Waals surface area contributed by atoms with Gasteiger partial charge in [0.05, 0.1) is 18.8 Å². The molecule has 23 heavy (non-hydrogen) atoms. The molecular formula is C17H24N4OS. The fourth-order valence-corrected chi connectivity index (χ4v) is 4.05. The molecule has 1 saturated heterocycles. The van der Waals surface area contributed by atoms with E-state index in [4.69, 9.17) is 4.74 Å². The summed E-state index contributed by atoms with van der Waals surface area (Å²) < 4.78 is 8.17. The fourth-order valence-electron chi connectivity index (χ4n) is 3.41. The van der Waals surface area contributed by atoms with E-state index in [0.29, 0.717) is 12.1 Å². The molecule has 2 aromatic heterocycles. The first-order valence-corrected chi connectivity index (χ1v) is 9.37. The molecule has 0 amide bonds. The van der Waals surface area contributed by atoms with Crippen molar-refractivity contribution in [1.29, 1.82) is 0 Å². The average Bonchev–Trinajstić information content (AvgIpc) is 2.92. The number of hydrogen-bond acceptors (Lipinski definition) is 5. The van der Waals surface area contributed by atoms with E-state index < -0.39 is 0 Å². The standard InChI is InChI=1S/C17H24N4OS/c1-20-10-14(9-19-20)8-15-16(22-12-13-2-3-13)4-6-21(15)11-17-18-5-7-23-17/h5,7,9-10,13,15-16H,2-4,6,8,11-12H2,1H3/t15-,16+/m1/s1. The van der Waals surface area contributed by atoms with E-state index in [1.54, 1.807) is 11.3 Å². The van der Waals surface area contributed by atoms with Crippen molar-refractivity contribution >= 4 is 11.3 Å². The molecule has 1 saturated carbocycles. The van der Waals surface area contributed by atoms with Gasteiger partial charge < -0.3 is 4.74 Å². The van der Waals surface area contributed by atoms with Crippen LogP contribution >= 0.6 is 11.3 Å². The van der Waals surface area contributed by atoms with E-state index in [0.717, 1.165) is 38.5 Å². The fraction of sp³-hybridized carbons (Fsp3) is 0.647. The zero-order valence-electron chi connectivity index (χ0n) is 13.6. The lowest BCUT2D eigenvalue weighted by Crippen LogP contribution is -2.38. The van der Waals surface area contributed by atoms with Crippen molar-refractivity contribution in [2.24, 2.45) is 13.0 Å². The van der Waals surface area contributed by atoms with E-state index >= 15 is 0 Å². The van der Waals surface area contributed by atoms with Gasteiger partial charge in [-0.3, -0.25) is 9.58 Å². The van der Waals surface area contributed by atoms with E-state index in [2.05, 4.69) is 26.6 Å². The lowest BCUT2D eigenvalue weighted by Gasteiger charge is -2.27. The van der Waals surface area contributed by atoms with Crippen LogP contribution in [-0.2, 0) is 24.8 Å². The Bertz CT molecular complexity index is 622. The van der Waals surface area contributed by atoms with Gasteiger partial charge in [0.2, 0.25) is 0 Å². The summed E-state index contributed by atoms with van der Waals surface area (Å²) in [7, 11) is 1.98. The van der Waals surface area contributed by atoms with Gasteiger partial charge in [0.15, 0.2) is 0 Å². The SMILES string of the molecule is Cn1cc(C[C@@H]2[C@@H](OCC3CC3)CCN2Cc2nccs2)cn1. The molecule has 5 nitrogen and oxygen atoms in total. The molecule has 2 atom stereocenters. The Kier molecular flexibility index (Phi) is 4.46. The van der Waals surface area contributed by atoms with E-state index in [1.165, 1.54) is 23.4 Å². The van der Waals surface area contributed by atoms with Crippen LogP contribution in [0.15, 0.2) is 24.0 Å². The van der Waals surface area contributed by atoms with Crippen molar-refractivity contribution in [3.63, 3.8) is 0 Å². The number of aryl methyl sites for hydroxylation is 1. The first kappa shape index (κ1) is 15.3. The average molecular weight is 332 g/mol. The van der Waals surface area contributed by atoms with Crippen LogP contribution in [-0.4, -0.2) is 45.0 Å². The van der Waals surface area contributed by atoms with Crippen LogP contribution in [0.3, 0.4) is 0 Å². The summed E-state index contributed by atoms with van der Waals surface area (Å²) in [6.07, 6.45) is 11.2. The molecule has 6 heteroatoms. The van der Waals surface area contributed by atoms with Crippen LogP contribution in [0.2, 0.25) is 0 Å². The van der Waals surface area contributed by atoms with Gasteiger partial charge in [0.25, 0.3) is 0 Å². The zero-order chi connectivity index (χ0) is 15.6. The third-order valence-corrected chi connectivity index (χ3v) is 5.63. The third-order valence-electron chi connectivity index (χ3n) is 4.87. The molecule has 3 heterocycles. The maximum absolute atomic E-state index is 6.28. The van der Waals surface area contributed by atoms with Gasteiger partial charge in [-0.25, -0.2) is 4.98 Å². The molecule has 2 aliphatic rings. The van der Waals surface area contributed by atoms with Gasteiger partial charge in [-0.15, -0.1) is 11.3 Å². The van der Waals surface area contributed by atoms with Crippen molar-refractivity contribution in [3.05, 3.63) is 34.5 Å². The lowest BCUT2D eigenvalue weighted by molar-refractivity contribution is 0.0196. The number of ether oxygens (including phenoxy) is 1. The van der Waals surface area contributed by atoms with Gasteiger partial charge in [-0.2, -0.15) is 5.10 Å². The number of aromatic nitrogens is 3. The molecule has 0 N–H and O–H groups in total. The smallest absolute Gasteiger partial charge is 0.107 e. The topological polar surface area (TPSA) is 43.2 Å². The van der Waals surface area contributed by atoms with Crippen LogP contribution in [0.25, 0.3) is 0 Å². The Hall–Kier alpha value is -1.24. The predicted molar refractivity (Wildman–Crippen MR) is 90.3 cm³/mol. The predicted octanol–water partition coefficient (Wildman–Crippen LogP) is 2.49. The second-order valence-corrected chi connectivity index (χ2v) is 7.77. The number of hydrogen-bond donors (Lipinski definition) is 0. The molecule has 1 aliphatic heterocycles. The highest BCUT2D eigenvalue weighted by Crippen LogP contribution is 2.32. The second-order valence-electron chi connectivity index (χ2n) is 6.79. The van der Waals surface area contributed by atoms with Crippen LogP contribution < -0.4 is 0 Å². The summed E-state index contributed by atoms with van der Waals surface area (Å²) in [5.41, 5.74) is 1.29. The summed E-state index contributed by atoms with van der Waals surface area (Å²) in [5, 5.41) is 7.57. The third kappa shape index (κ3) is 3.82. The van der Waals surface area contributed by atoms with Crippen molar-refractivity contribution in [2.75, 3.05) is 13.2 Å². The van der Waals surface area contributed by atoms with Gasteiger partial charge >= 0.3 is 0 Å². The minimum Gasteiger partial charge on any atom is -0.376 e. The number of likely N-dealkylation sites (tertiary alicyclic amines) is 1. The molecule has 124 valence electrons. The molecule has 0 radical (unpaired) electrons. The van der Waals surface area contributed by atoms with Crippen LogP contribution in [0.1, 0.15) is 29.8 Å². The Morgan fingerprint density at radius 3 is 2.96 bits per heavy atom. The first-order chi connectivity index (χ1) is 11.3. The molecule has 0 aromatic carbocycles. The monoisotopic (exact) mass is 332 g/mol. The number of thiazole rings is 1. The summed E-state index contributed by atoms with van der Waals surface area (Å²) in [5.74, 6) is 0.821. The number of nitrogens with zero attached hydrogens (tertiary/aromatic N) is 4. The second kappa shape index (κ2) is 6.71. The van der Waals surface area contributed by atoms with Crippen molar-refractivity contribution in [1.82, 2.24) is 19.7 Å². The minimum atomic E-state index is 0.343. The highest BCUT2D eigenvalue weighted by Gasteiger charge is 2.36. The molecular weight excluding hydrogens is 308 g/mol. The highest BCUT2D eigenvalue weighted by molar-refractivity contribution is 7.09. The van der Waals surface area contributed by atoms with Gasteiger partial charge in [-0.05, 0) is 37.2 Å². The maximum Gasteiger partial charge on any atom is 0.107 e. The van der Waals surface area contributed by atoms with Crippen LogP contribution in [0.5, 0.6) is 0 Å². The Labute approximate surface area is 141 Å². The summed E-state index contributed by atoms with van der Waals surface area (Å²) in [6, 6.07) is 0.432. The van der Waals surface area contributed by atoms with Gasteiger partial charge in [0, 0.05) is 44.0 Å². The Balaban J connectivity index is 1.45. The minimum absolute atomic E-state index is 0.343. The quantitative estimate of drug-likeness (QED) is 0.781. The number of rotatable bonds is 7. The van der Waals surface area contributed by atoms with E-state index in [9.17, 15) is 0 Å². The summed E-state index contributed by atoms with van der Waals surface area (Å²) in [4.78, 5) is 7.00. The highest BCUT2D eigenvalue weighted by atomic mass is 32.1. The van der Waals surface area contributed by atoms with Crippen LogP contribution in [0.4, 0.5) is 0 Å². The molecule has 4 rings (SSSR count). The van der Waals surface area contributed by atoms with E-state index in [-0.39, 0.29) is 0 Å². The molecule has 0 bridgehead atoms. The molecule has 2 fully saturated rings. The summed E-state index contributed by atoms with van der Waals surface area (Å²) >= 11 is 1.74. The summed E-state index contributed by atoms with van der Waals surface area (Å²) in [6.45, 7) is 2.98. The maximum atomic E-state index is 6.28. The Morgan fingerprint density at radius 1 is 1.35 bits per heavy atom. The Morgan fingerprint density at radius 2 is 2.26 bits per heavy atom. The van der Waals surface area contributed by atoms with Crippen molar-refractivity contribution in [2.45, 2.75) is 44.4 Å². The largest absolute Gasteiger partial charge is 0.376 e. The normalized spacial score (nSPS) is 25.3. The molecule has 1 aliphatic carbocycles. The van der Waals surface area contributed by atoms with Gasteiger partial charge in [0.1, 0.15) is 5.01 Å². The van der Waals surface area contributed by atoms with E-state index in [1.807, 2.05) is 24.1 Å². The molecule has 2 aromatic rings.